The predicted octanol–water partition coefficient (Wildman–Crippen LogP) is 0.353. The summed E-state index contributed by atoms with van der Waals surface area (Å²) in [5, 5.41) is 13.0. The van der Waals surface area contributed by atoms with Crippen LogP contribution in [0, 0.1) is 5.92 Å². The van der Waals surface area contributed by atoms with Crippen LogP contribution in [0.25, 0.3) is 0 Å². The molecule has 0 spiro atoms. The number of nitrogens with zero attached hydrogens (tertiary/aromatic N) is 2. The summed E-state index contributed by atoms with van der Waals surface area (Å²) in [6, 6.07) is 5.53. The third kappa shape index (κ3) is 3.23. The van der Waals surface area contributed by atoms with Gasteiger partial charge in [0.05, 0.1) is 6.04 Å². The lowest BCUT2D eigenvalue weighted by Gasteiger charge is -2.43. The Kier molecular flexibility index (Phi) is 4.90. The first-order valence-corrected chi connectivity index (χ1v) is 9.22. The topological polar surface area (TPSA) is 91.3 Å². The van der Waals surface area contributed by atoms with Crippen molar-refractivity contribution in [3.63, 3.8) is 0 Å². The summed E-state index contributed by atoms with van der Waals surface area (Å²) in [5.74, 6) is -0.240. The molecule has 2 fully saturated rings. The lowest BCUT2D eigenvalue weighted by atomic mass is 9.97. The molecule has 8 nitrogen and oxygen atoms in total. The third-order valence-electron chi connectivity index (χ3n) is 5.81. The number of imide groups is 1. The second kappa shape index (κ2) is 7.20. The zero-order valence-electron chi connectivity index (χ0n) is 15.6. The van der Waals surface area contributed by atoms with Crippen molar-refractivity contribution in [1.82, 2.24) is 10.2 Å². The largest absolute Gasteiger partial charge is 0.374 e. The van der Waals surface area contributed by atoms with Gasteiger partial charge in [-0.1, -0.05) is 6.07 Å². The van der Waals surface area contributed by atoms with Gasteiger partial charge in [-0.25, -0.2) is 0 Å². The number of piperidine rings is 1. The second-order valence-corrected chi connectivity index (χ2v) is 7.40. The van der Waals surface area contributed by atoms with Crippen LogP contribution in [-0.2, 0) is 25.6 Å². The van der Waals surface area contributed by atoms with Crippen LogP contribution >= 0.6 is 0 Å². The molecule has 146 valence electrons. The molecule has 3 heterocycles. The lowest BCUT2D eigenvalue weighted by molar-refractivity contribution is -0.142. The van der Waals surface area contributed by atoms with E-state index in [-0.39, 0.29) is 18.1 Å². The fraction of sp³-hybridized carbons (Fsp3) is 0.579. The molecule has 1 aromatic rings. The molecule has 0 aromatic heterocycles. The molecule has 3 aliphatic heterocycles. The van der Waals surface area contributed by atoms with E-state index >= 15 is 0 Å². The Balaban J connectivity index is 1.45. The summed E-state index contributed by atoms with van der Waals surface area (Å²) < 4.78 is 10.6. The van der Waals surface area contributed by atoms with Crippen LogP contribution in [-0.4, -0.2) is 61.5 Å². The Labute approximate surface area is 158 Å². The fourth-order valence-electron chi connectivity index (χ4n) is 4.30. The van der Waals surface area contributed by atoms with Crippen molar-refractivity contribution in [3.05, 3.63) is 29.3 Å². The number of amides is 2. The number of methoxy groups -OCH3 is 2. The van der Waals surface area contributed by atoms with Gasteiger partial charge in [0.1, 0.15) is 6.23 Å². The van der Waals surface area contributed by atoms with Crippen LogP contribution in [0.2, 0.25) is 0 Å². The highest BCUT2D eigenvalue weighted by Crippen LogP contribution is 2.38. The molecule has 1 aromatic carbocycles. The van der Waals surface area contributed by atoms with Crippen molar-refractivity contribution in [2.75, 3.05) is 32.2 Å². The quantitative estimate of drug-likeness (QED) is 0.567. The molecule has 8 heteroatoms. The van der Waals surface area contributed by atoms with Crippen molar-refractivity contribution in [3.8, 4) is 0 Å². The molecule has 2 N–H and O–H groups in total. The van der Waals surface area contributed by atoms with E-state index in [9.17, 15) is 14.7 Å². The Bertz CT molecular complexity index is 745. The van der Waals surface area contributed by atoms with Crippen molar-refractivity contribution in [2.45, 2.75) is 37.9 Å². The molecular formula is C19H25N3O5. The number of rotatable bonds is 5. The number of fused-ring (bicyclic) bond motifs is 1. The zero-order valence-corrected chi connectivity index (χ0v) is 15.6. The van der Waals surface area contributed by atoms with Gasteiger partial charge in [0.2, 0.25) is 11.8 Å². The molecule has 0 aliphatic carbocycles. The van der Waals surface area contributed by atoms with Gasteiger partial charge < -0.3 is 19.5 Å². The van der Waals surface area contributed by atoms with Gasteiger partial charge in [-0.15, -0.1) is 0 Å². The molecule has 2 atom stereocenters. The monoisotopic (exact) mass is 375 g/mol. The Morgan fingerprint density at radius 3 is 2.63 bits per heavy atom. The summed E-state index contributed by atoms with van der Waals surface area (Å²) in [7, 11) is 3.30. The van der Waals surface area contributed by atoms with E-state index in [1.54, 1.807) is 19.1 Å². The molecule has 0 bridgehead atoms. The molecule has 2 saturated heterocycles. The van der Waals surface area contributed by atoms with Gasteiger partial charge in [-0.05, 0) is 24.1 Å². The average Bonchev–Trinajstić information content (AvgIpc) is 2.93. The molecule has 3 aliphatic rings. The number of hydrogen-bond acceptors (Lipinski definition) is 7. The molecule has 4 rings (SSSR count). The van der Waals surface area contributed by atoms with Gasteiger partial charge in [0.15, 0.2) is 6.29 Å². The highest BCUT2D eigenvalue weighted by atomic mass is 16.7. The number of carbonyl (C=O) groups is 2. The van der Waals surface area contributed by atoms with Crippen LogP contribution in [0.5, 0.6) is 0 Å². The minimum Gasteiger partial charge on any atom is -0.374 e. The molecule has 0 radical (unpaired) electrons. The van der Waals surface area contributed by atoms with E-state index in [0.29, 0.717) is 25.3 Å². The molecular weight excluding hydrogens is 350 g/mol. The molecule has 0 saturated carbocycles. The minimum atomic E-state index is -0.825. The van der Waals surface area contributed by atoms with E-state index in [4.69, 9.17) is 9.47 Å². The standard InChI is InChI=1S/C19H25N3O5/c1-26-19(27-2)12-8-21(9-12)13-3-4-14-11(7-13)10-22(18(14)25)15-5-6-16(23)20-17(15)24/h3-4,7,12,15,18-19,25H,5-6,8-10H2,1-2H3,(H,20,23,24). The van der Waals surface area contributed by atoms with Gasteiger partial charge in [0.25, 0.3) is 0 Å². The van der Waals surface area contributed by atoms with E-state index < -0.39 is 12.3 Å². The Morgan fingerprint density at radius 2 is 1.96 bits per heavy atom. The molecule has 2 unspecified atom stereocenters. The van der Waals surface area contributed by atoms with Crippen LogP contribution in [0.4, 0.5) is 5.69 Å². The normalized spacial score (nSPS) is 26.3. The van der Waals surface area contributed by atoms with Gasteiger partial charge in [-0.3, -0.25) is 19.8 Å². The Hall–Kier alpha value is -2.00. The highest BCUT2D eigenvalue weighted by Gasteiger charge is 2.40. The van der Waals surface area contributed by atoms with Gasteiger partial charge in [-0.2, -0.15) is 0 Å². The first-order valence-electron chi connectivity index (χ1n) is 9.22. The molecule has 27 heavy (non-hydrogen) atoms. The second-order valence-electron chi connectivity index (χ2n) is 7.40. The summed E-state index contributed by atoms with van der Waals surface area (Å²) in [4.78, 5) is 27.5. The van der Waals surface area contributed by atoms with Crippen molar-refractivity contribution >= 4 is 17.5 Å². The maximum atomic E-state index is 12.2. The van der Waals surface area contributed by atoms with Gasteiger partial charge >= 0.3 is 0 Å². The first-order chi connectivity index (χ1) is 13.0. The van der Waals surface area contributed by atoms with Crippen LogP contribution in [0.1, 0.15) is 30.2 Å². The lowest BCUT2D eigenvalue weighted by Crippen LogP contribution is -2.53. The average molecular weight is 375 g/mol. The summed E-state index contributed by atoms with van der Waals surface area (Å²) in [6.07, 6.45) is -0.281. The van der Waals surface area contributed by atoms with Crippen LogP contribution < -0.4 is 10.2 Å². The van der Waals surface area contributed by atoms with E-state index in [1.807, 2.05) is 12.1 Å². The number of nitrogens with one attached hydrogen (secondary N) is 1. The number of carbonyl (C=O) groups excluding carboxylic acids is 2. The highest BCUT2D eigenvalue weighted by molar-refractivity contribution is 6.00. The zero-order chi connectivity index (χ0) is 19.1. The number of benzene rings is 1. The van der Waals surface area contributed by atoms with Crippen LogP contribution in [0.3, 0.4) is 0 Å². The number of aliphatic hydroxyl groups is 1. The SMILES string of the molecule is COC(OC)C1CN(c2ccc3c(c2)CN(C2CCC(=O)NC2=O)C3O)C1. The maximum absolute atomic E-state index is 12.2. The predicted molar refractivity (Wildman–Crippen MR) is 96.6 cm³/mol. The van der Waals surface area contributed by atoms with Crippen LogP contribution in [0.15, 0.2) is 18.2 Å². The van der Waals surface area contributed by atoms with E-state index in [2.05, 4.69) is 16.3 Å². The number of anilines is 1. The fourth-order valence-corrected chi connectivity index (χ4v) is 4.30. The molecule has 2 amide bonds. The minimum absolute atomic E-state index is 0.194. The summed E-state index contributed by atoms with van der Waals surface area (Å²) in [5.41, 5.74) is 2.93. The van der Waals surface area contributed by atoms with Crippen molar-refractivity contribution in [1.29, 1.82) is 0 Å². The van der Waals surface area contributed by atoms with Gasteiger partial charge in [0, 0.05) is 57.4 Å². The summed E-state index contributed by atoms with van der Waals surface area (Å²) in [6.45, 7) is 2.20. The maximum Gasteiger partial charge on any atom is 0.244 e. The first kappa shape index (κ1) is 18.4. The Morgan fingerprint density at radius 1 is 1.22 bits per heavy atom. The third-order valence-corrected chi connectivity index (χ3v) is 5.81. The van der Waals surface area contributed by atoms with Crippen molar-refractivity contribution < 1.29 is 24.2 Å². The smallest absolute Gasteiger partial charge is 0.244 e. The number of aliphatic hydroxyl groups excluding tert-OH is 1. The number of ether oxygens (including phenoxy) is 2. The van der Waals surface area contributed by atoms with E-state index in [1.165, 1.54) is 0 Å². The van der Waals surface area contributed by atoms with E-state index in [0.717, 1.165) is 29.9 Å². The van der Waals surface area contributed by atoms with Crippen molar-refractivity contribution in [2.24, 2.45) is 5.92 Å². The number of hydrogen-bond donors (Lipinski definition) is 2. The summed E-state index contributed by atoms with van der Waals surface area (Å²) >= 11 is 0.